The van der Waals surface area contributed by atoms with Crippen LogP contribution in [0.15, 0.2) is 18.2 Å². The van der Waals surface area contributed by atoms with Crippen molar-refractivity contribution in [2.75, 3.05) is 13.7 Å². The maximum absolute atomic E-state index is 11.2. The SMILES string of the molecule is COc1cccc(CN)c1OCC(=O)NC(N)=O. The topological polar surface area (TPSA) is 117 Å². The van der Waals surface area contributed by atoms with Crippen LogP contribution in [0.2, 0.25) is 0 Å². The molecule has 98 valence electrons. The number of hydrogen-bond donors (Lipinski definition) is 3. The molecule has 0 aliphatic rings. The first-order valence-electron chi connectivity index (χ1n) is 5.16. The average Bonchev–Trinajstić information content (AvgIpc) is 2.34. The van der Waals surface area contributed by atoms with Gasteiger partial charge in [0.25, 0.3) is 5.91 Å². The van der Waals surface area contributed by atoms with E-state index in [0.29, 0.717) is 17.1 Å². The number of methoxy groups -OCH3 is 1. The first kappa shape index (κ1) is 13.8. The fraction of sp³-hybridized carbons (Fsp3) is 0.273. The number of carbonyl (C=O) groups is 2. The van der Waals surface area contributed by atoms with Gasteiger partial charge in [-0.05, 0) is 6.07 Å². The van der Waals surface area contributed by atoms with E-state index < -0.39 is 11.9 Å². The Hall–Kier alpha value is -2.28. The van der Waals surface area contributed by atoms with Crippen molar-refractivity contribution in [2.24, 2.45) is 11.5 Å². The van der Waals surface area contributed by atoms with Gasteiger partial charge in [-0.1, -0.05) is 12.1 Å². The number of carbonyl (C=O) groups excluding carboxylic acids is 2. The highest BCUT2D eigenvalue weighted by Gasteiger charge is 2.12. The minimum absolute atomic E-state index is 0.240. The normalized spacial score (nSPS) is 9.67. The molecule has 0 aliphatic carbocycles. The molecule has 1 rings (SSSR count). The first-order valence-corrected chi connectivity index (χ1v) is 5.16. The molecule has 0 saturated heterocycles. The van der Waals surface area contributed by atoms with Gasteiger partial charge in [-0.2, -0.15) is 0 Å². The summed E-state index contributed by atoms with van der Waals surface area (Å²) in [6.45, 7) is -0.111. The predicted molar refractivity (Wildman–Crippen MR) is 64.1 cm³/mol. The number of benzene rings is 1. The summed E-state index contributed by atoms with van der Waals surface area (Å²) in [5.74, 6) is 0.198. The fourth-order valence-corrected chi connectivity index (χ4v) is 1.36. The molecule has 0 heterocycles. The Morgan fingerprint density at radius 1 is 1.39 bits per heavy atom. The molecule has 0 radical (unpaired) electrons. The number of rotatable bonds is 5. The van der Waals surface area contributed by atoms with Gasteiger partial charge < -0.3 is 20.9 Å². The standard InChI is InChI=1S/C11H15N3O4/c1-17-8-4-2-3-7(5-12)10(8)18-6-9(15)14-11(13)16/h2-4H,5-6,12H2,1H3,(H3,13,14,15,16). The molecule has 0 aromatic heterocycles. The molecular formula is C11H15N3O4. The number of imide groups is 1. The lowest BCUT2D eigenvalue weighted by molar-refractivity contribution is -0.121. The molecule has 0 atom stereocenters. The Kier molecular flexibility index (Phi) is 4.94. The molecular weight excluding hydrogens is 238 g/mol. The monoisotopic (exact) mass is 253 g/mol. The van der Waals surface area contributed by atoms with E-state index in [1.165, 1.54) is 7.11 Å². The summed E-state index contributed by atoms with van der Waals surface area (Å²) in [5.41, 5.74) is 11.1. The summed E-state index contributed by atoms with van der Waals surface area (Å²) in [6.07, 6.45) is 0. The number of nitrogens with one attached hydrogen (secondary N) is 1. The number of para-hydroxylation sites is 1. The lowest BCUT2D eigenvalue weighted by Crippen LogP contribution is -2.38. The molecule has 7 nitrogen and oxygen atoms in total. The van der Waals surface area contributed by atoms with Crippen molar-refractivity contribution in [3.8, 4) is 11.5 Å². The van der Waals surface area contributed by atoms with Crippen LogP contribution in [0.1, 0.15) is 5.56 Å². The second kappa shape index (κ2) is 6.45. The van der Waals surface area contributed by atoms with Crippen molar-refractivity contribution < 1.29 is 19.1 Å². The summed E-state index contributed by atoms with van der Waals surface area (Å²) < 4.78 is 10.4. The van der Waals surface area contributed by atoms with Crippen molar-refractivity contribution >= 4 is 11.9 Å². The van der Waals surface area contributed by atoms with Crippen molar-refractivity contribution in [3.63, 3.8) is 0 Å². The van der Waals surface area contributed by atoms with Crippen LogP contribution in [0.25, 0.3) is 0 Å². The number of hydrogen-bond acceptors (Lipinski definition) is 5. The second-order valence-electron chi connectivity index (χ2n) is 3.35. The minimum atomic E-state index is -0.928. The lowest BCUT2D eigenvalue weighted by atomic mass is 10.2. The zero-order valence-corrected chi connectivity index (χ0v) is 9.93. The van der Waals surface area contributed by atoms with Crippen molar-refractivity contribution in [1.82, 2.24) is 5.32 Å². The molecule has 1 aromatic rings. The molecule has 3 amide bonds. The molecule has 7 heteroatoms. The Balaban J connectivity index is 2.76. The van der Waals surface area contributed by atoms with E-state index in [0.717, 1.165) is 0 Å². The third-order valence-corrected chi connectivity index (χ3v) is 2.11. The largest absolute Gasteiger partial charge is 0.493 e. The summed E-state index contributed by atoms with van der Waals surface area (Å²) >= 11 is 0. The smallest absolute Gasteiger partial charge is 0.318 e. The van der Waals surface area contributed by atoms with Crippen molar-refractivity contribution in [2.45, 2.75) is 6.54 Å². The Labute approximate surface area is 104 Å². The quantitative estimate of drug-likeness (QED) is 0.667. The number of primary amides is 1. The number of amides is 3. The Bertz CT molecular complexity index is 426. The molecule has 1 aromatic carbocycles. The van der Waals surface area contributed by atoms with Gasteiger partial charge in [0.15, 0.2) is 18.1 Å². The van der Waals surface area contributed by atoms with Gasteiger partial charge in [0.05, 0.1) is 7.11 Å². The van der Waals surface area contributed by atoms with Crippen LogP contribution in [0.4, 0.5) is 4.79 Å². The maximum Gasteiger partial charge on any atom is 0.318 e. The van der Waals surface area contributed by atoms with Gasteiger partial charge in [0, 0.05) is 12.1 Å². The first-order chi connectivity index (χ1) is 8.58. The van der Waals surface area contributed by atoms with Crippen molar-refractivity contribution in [3.05, 3.63) is 23.8 Å². The van der Waals surface area contributed by atoms with Crippen LogP contribution in [0, 0.1) is 0 Å². The fourth-order valence-electron chi connectivity index (χ4n) is 1.36. The van der Waals surface area contributed by atoms with E-state index in [4.69, 9.17) is 20.9 Å². The Morgan fingerprint density at radius 2 is 2.11 bits per heavy atom. The molecule has 0 aliphatic heterocycles. The summed E-state index contributed by atoms with van der Waals surface area (Å²) in [6, 6.07) is 4.27. The highest BCUT2D eigenvalue weighted by atomic mass is 16.5. The summed E-state index contributed by atoms with van der Waals surface area (Å²) in [5, 5.41) is 1.89. The molecule has 0 fully saturated rings. The zero-order chi connectivity index (χ0) is 13.5. The number of ether oxygens (including phenoxy) is 2. The summed E-state index contributed by atoms with van der Waals surface area (Å²) in [7, 11) is 1.48. The van der Waals surface area contributed by atoms with E-state index in [9.17, 15) is 9.59 Å². The molecule has 0 unspecified atom stereocenters. The lowest BCUT2D eigenvalue weighted by Gasteiger charge is -2.13. The van der Waals surface area contributed by atoms with Crippen LogP contribution < -0.4 is 26.3 Å². The molecule has 0 bridgehead atoms. The highest BCUT2D eigenvalue weighted by molar-refractivity contribution is 5.94. The van der Waals surface area contributed by atoms with Crippen molar-refractivity contribution in [1.29, 1.82) is 0 Å². The van der Waals surface area contributed by atoms with E-state index in [1.807, 2.05) is 5.32 Å². The van der Waals surface area contributed by atoms with Gasteiger partial charge in [-0.15, -0.1) is 0 Å². The molecule has 0 saturated carbocycles. The third-order valence-electron chi connectivity index (χ3n) is 2.11. The van der Waals surface area contributed by atoms with Gasteiger partial charge >= 0.3 is 6.03 Å². The average molecular weight is 253 g/mol. The van der Waals surface area contributed by atoms with Gasteiger partial charge in [0.2, 0.25) is 0 Å². The van der Waals surface area contributed by atoms with Crippen LogP contribution in [0.3, 0.4) is 0 Å². The predicted octanol–water partition coefficient (Wildman–Crippen LogP) is -0.272. The van der Waals surface area contributed by atoms with Crippen LogP contribution in [-0.2, 0) is 11.3 Å². The molecule has 5 N–H and O–H groups in total. The van der Waals surface area contributed by atoms with Crippen LogP contribution >= 0.6 is 0 Å². The molecule has 18 heavy (non-hydrogen) atoms. The van der Waals surface area contributed by atoms with E-state index in [2.05, 4.69) is 0 Å². The number of urea groups is 1. The van der Waals surface area contributed by atoms with Gasteiger partial charge in [-0.3, -0.25) is 10.1 Å². The third kappa shape index (κ3) is 3.63. The zero-order valence-electron chi connectivity index (χ0n) is 9.93. The van der Waals surface area contributed by atoms with Crippen LogP contribution in [0.5, 0.6) is 11.5 Å². The van der Waals surface area contributed by atoms with Gasteiger partial charge in [0.1, 0.15) is 0 Å². The summed E-state index contributed by atoms with van der Waals surface area (Å²) in [4.78, 5) is 21.7. The Morgan fingerprint density at radius 3 is 2.67 bits per heavy atom. The number of nitrogens with two attached hydrogens (primary N) is 2. The van der Waals surface area contributed by atoms with Gasteiger partial charge in [-0.25, -0.2) is 4.79 Å². The van der Waals surface area contributed by atoms with Crippen LogP contribution in [-0.4, -0.2) is 25.7 Å². The maximum atomic E-state index is 11.2. The highest BCUT2D eigenvalue weighted by Crippen LogP contribution is 2.30. The van der Waals surface area contributed by atoms with E-state index in [-0.39, 0.29) is 13.2 Å². The minimum Gasteiger partial charge on any atom is -0.493 e. The van der Waals surface area contributed by atoms with E-state index >= 15 is 0 Å². The second-order valence-corrected chi connectivity index (χ2v) is 3.35. The van der Waals surface area contributed by atoms with E-state index in [1.54, 1.807) is 18.2 Å². The molecule has 0 spiro atoms.